The predicted octanol–water partition coefficient (Wildman–Crippen LogP) is 3.54. The van der Waals surface area contributed by atoms with Crippen molar-refractivity contribution in [3.05, 3.63) is 36.2 Å². The van der Waals surface area contributed by atoms with Crippen LogP contribution in [0.5, 0.6) is 5.88 Å². The molecule has 1 aromatic carbocycles. The third kappa shape index (κ3) is 5.87. The van der Waals surface area contributed by atoms with E-state index in [9.17, 15) is 13.6 Å². The van der Waals surface area contributed by atoms with E-state index >= 15 is 0 Å². The van der Waals surface area contributed by atoms with Crippen molar-refractivity contribution >= 4 is 22.9 Å². The highest BCUT2D eigenvalue weighted by atomic mass is 19.3. The van der Waals surface area contributed by atoms with Crippen LogP contribution in [0.1, 0.15) is 57.2 Å². The Bertz CT molecular complexity index is 1320. The third-order valence-electron chi connectivity index (χ3n) is 7.92. The summed E-state index contributed by atoms with van der Waals surface area (Å²) in [4.78, 5) is 28.2. The van der Waals surface area contributed by atoms with Crippen LogP contribution in [-0.4, -0.2) is 76.5 Å². The molecule has 12 heteroatoms. The number of carbonyl (C=O) groups excluding carboxylic acids is 1. The van der Waals surface area contributed by atoms with Gasteiger partial charge in [-0.05, 0) is 57.2 Å². The van der Waals surface area contributed by atoms with Gasteiger partial charge in [0.2, 0.25) is 17.7 Å². The molecular weight excluding hydrogens is 520 g/mol. The summed E-state index contributed by atoms with van der Waals surface area (Å²) in [5.41, 5.74) is 1.01. The number of para-hydroxylation sites is 2. The maximum absolute atomic E-state index is 14.1. The maximum atomic E-state index is 14.1. The molecule has 1 aliphatic carbocycles. The second kappa shape index (κ2) is 12.0. The largest absolute Gasteiger partial charge is 0.474 e. The summed E-state index contributed by atoms with van der Waals surface area (Å²) < 4.78 is 41.4. The lowest BCUT2D eigenvalue weighted by atomic mass is 9.92. The minimum atomic E-state index is -2.78. The van der Waals surface area contributed by atoms with Gasteiger partial charge >= 0.3 is 0 Å². The lowest BCUT2D eigenvalue weighted by Crippen LogP contribution is -2.50. The molecule has 2 saturated heterocycles. The van der Waals surface area contributed by atoms with Gasteiger partial charge in [0, 0.05) is 25.2 Å². The number of ether oxygens (including phenoxy) is 2. The number of carbonyl (C=O) groups is 1. The molecule has 4 heterocycles. The smallest absolute Gasteiger partial charge is 0.296 e. The standard InChI is InChI=1S/C28H35F2N7O3/c29-25(30)26-33-20-5-1-2-7-22(20)37(26)23-17-24(35-28(34-23)36-13-15-39-16-14-36)40-19-10-8-18(9-11-19)32-27(38)21-6-3-4-12-31-21/h1-2,5,7,17-19,21,25,31H,3-4,6,8-16H2,(H,32,38)/t18?,19?,21-/m1/s1. The Kier molecular flexibility index (Phi) is 8.05. The van der Waals surface area contributed by atoms with E-state index in [2.05, 4.69) is 20.6 Å². The maximum Gasteiger partial charge on any atom is 0.296 e. The van der Waals surface area contributed by atoms with Crippen LogP contribution >= 0.6 is 0 Å². The Hall–Kier alpha value is -3.38. The first kappa shape index (κ1) is 26.8. The molecule has 1 amide bonds. The van der Waals surface area contributed by atoms with Crippen molar-refractivity contribution in [2.75, 3.05) is 37.7 Å². The minimum absolute atomic E-state index is 0.0852. The van der Waals surface area contributed by atoms with E-state index in [1.54, 1.807) is 30.3 Å². The number of anilines is 1. The average molecular weight is 556 g/mol. The number of rotatable bonds is 7. The normalized spacial score (nSPS) is 23.9. The van der Waals surface area contributed by atoms with Crippen molar-refractivity contribution in [3.63, 3.8) is 0 Å². The molecule has 2 N–H and O–H groups in total. The van der Waals surface area contributed by atoms with Gasteiger partial charge in [-0.3, -0.25) is 9.36 Å². The van der Waals surface area contributed by atoms with Gasteiger partial charge in [-0.25, -0.2) is 13.8 Å². The highest BCUT2D eigenvalue weighted by molar-refractivity contribution is 5.82. The summed E-state index contributed by atoms with van der Waals surface area (Å²) in [6, 6.07) is 8.66. The Balaban J connectivity index is 1.22. The first-order valence-electron chi connectivity index (χ1n) is 14.2. The van der Waals surface area contributed by atoms with Crippen LogP contribution in [0.3, 0.4) is 0 Å². The van der Waals surface area contributed by atoms with Gasteiger partial charge in [-0.15, -0.1) is 0 Å². The van der Waals surface area contributed by atoms with E-state index < -0.39 is 6.43 Å². The summed E-state index contributed by atoms with van der Waals surface area (Å²) in [6.07, 6.45) is 3.31. The fourth-order valence-electron chi connectivity index (χ4n) is 5.79. The molecule has 2 aliphatic heterocycles. The number of imidazole rings is 1. The summed E-state index contributed by atoms with van der Waals surface area (Å²) in [7, 11) is 0. The summed E-state index contributed by atoms with van der Waals surface area (Å²) in [6.45, 7) is 3.14. The van der Waals surface area contributed by atoms with Crippen LogP contribution in [0.15, 0.2) is 30.3 Å². The molecule has 2 aromatic heterocycles. The van der Waals surface area contributed by atoms with Crippen molar-refractivity contribution in [3.8, 4) is 11.7 Å². The second-order valence-electron chi connectivity index (χ2n) is 10.7. The summed E-state index contributed by atoms with van der Waals surface area (Å²) in [5, 5.41) is 6.51. The molecule has 0 radical (unpaired) electrons. The molecule has 1 atom stereocenters. The monoisotopic (exact) mass is 555 g/mol. The molecule has 3 fully saturated rings. The van der Waals surface area contributed by atoms with E-state index in [4.69, 9.17) is 14.5 Å². The van der Waals surface area contributed by atoms with Crippen LogP contribution < -0.4 is 20.3 Å². The molecule has 3 aliphatic rings. The van der Waals surface area contributed by atoms with Gasteiger partial charge in [0.25, 0.3) is 6.43 Å². The first-order valence-corrected chi connectivity index (χ1v) is 14.2. The molecule has 3 aromatic rings. The molecule has 40 heavy (non-hydrogen) atoms. The van der Waals surface area contributed by atoms with E-state index in [1.165, 1.54) is 4.57 Å². The van der Waals surface area contributed by atoms with Crippen LogP contribution in [0, 0.1) is 0 Å². The topological polar surface area (TPSA) is 106 Å². The molecule has 6 rings (SSSR count). The second-order valence-corrected chi connectivity index (χ2v) is 10.7. The molecular formula is C28H35F2N7O3. The number of hydrogen-bond donors (Lipinski definition) is 2. The van der Waals surface area contributed by atoms with Crippen LogP contribution in [0.2, 0.25) is 0 Å². The van der Waals surface area contributed by atoms with Crippen molar-refractivity contribution < 1.29 is 23.0 Å². The van der Waals surface area contributed by atoms with Crippen LogP contribution in [-0.2, 0) is 9.53 Å². The number of nitrogens with zero attached hydrogens (tertiary/aromatic N) is 5. The van der Waals surface area contributed by atoms with Crippen LogP contribution in [0.4, 0.5) is 14.7 Å². The number of piperidine rings is 1. The lowest BCUT2D eigenvalue weighted by molar-refractivity contribution is -0.124. The van der Waals surface area contributed by atoms with E-state index in [1.807, 2.05) is 4.90 Å². The van der Waals surface area contributed by atoms with Crippen molar-refractivity contribution in [1.82, 2.24) is 30.2 Å². The molecule has 1 saturated carbocycles. The van der Waals surface area contributed by atoms with Gasteiger partial charge in [0.15, 0.2) is 5.82 Å². The van der Waals surface area contributed by atoms with Crippen LogP contribution in [0.25, 0.3) is 16.9 Å². The molecule has 0 unspecified atom stereocenters. The Morgan fingerprint density at radius 2 is 1.85 bits per heavy atom. The quantitative estimate of drug-likeness (QED) is 0.456. The van der Waals surface area contributed by atoms with Gasteiger partial charge in [0.05, 0.1) is 30.3 Å². The van der Waals surface area contributed by atoms with Crippen molar-refractivity contribution in [1.29, 1.82) is 0 Å². The third-order valence-corrected chi connectivity index (χ3v) is 7.92. The molecule has 214 valence electrons. The zero-order valence-corrected chi connectivity index (χ0v) is 22.4. The van der Waals surface area contributed by atoms with E-state index in [-0.39, 0.29) is 35.7 Å². The van der Waals surface area contributed by atoms with E-state index in [0.717, 1.165) is 51.5 Å². The van der Waals surface area contributed by atoms with Gasteiger partial charge in [0.1, 0.15) is 11.9 Å². The fourth-order valence-corrected chi connectivity index (χ4v) is 5.79. The number of alkyl halides is 2. The highest BCUT2D eigenvalue weighted by Gasteiger charge is 2.29. The molecule has 0 bridgehead atoms. The Morgan fingerprint density at radius 1 is 1.05 bits per heavy atom. The SMILES string of the molecule is O=C(NC1CCC(Oc2cc(-n3c(C(F)F)nc4ccccc43)nc(N3CCOCC3)n2)CC1)[C@H]1CCCCN1. The van der Waals surface area contributed by atoms with Gasteiger partial charge in [-0.1, -0.05) is 18.6 Å². The number of nitrogens with one attached hydrogen (secondary N) is 2. The first-order chi connectivity index (χ1) is 19.5. The number of halogens is 2. The summed E-state index contributed by atoms with van der Waals surface area (Å²) in [5.74, 6) is 0.749. The molecule has 10 nitrogen and oxygen atoms in total. The molecule has 0 spiro atoms. The van der Waals surface area contributed by atoms with Crippen molar-refractivity contribution in [2.45, 2.75) is 69.6 Å². The number of benzene rings is 1. The number of amides is 1. The minimum Gasteiger partial charge on any atom is -0.474 e. The average Bonchev–Trinajstić information content (AvgIpc) is 3.39. The Morgan fingerprint density at radius 3 is 2.60 bits per heavy atom. The van der Waals surface area contributed by atoms with Gasteiger partial charge < -0.3 is 25.0 Å². The van der Waals surface area contributed by atoms with E-state index in [0.29, 0.717) is 49.2 Å². The van der Waals surface area contributed by atoms with Gasteiger partial charge in [-0.2, -0.15) is 9.97 Å². The lowest BCUT2D eigenvalue weighted by Gasteiger charge is -2.31. The van der Waals surface area contributed by atoms with Crippen molar-refractivity contribution in [2.24, 2.45) is 0 Å². The Labute approximate surface area is 231 Å². The fraction of sp³-hybridized carbons (Fsp3) is 0.571. The number of morpholine rings is 1. The zero-order chi connectivity index (χ0) is 27.5. The number of aromatic nitrogens is 4. The number of hydrogen-bond acceptors (Lipinski definition) is 8. The zero-order valence-electron chi connectivity index (χ0n) is 22.4. The predicted molar refractivity (Wildman–Crippen MR) is 145 cm³/mol. The number of fused-ring (bicyclic) bond motifs is 1. The summed E-state index contributed by atoms with van der Waals surface area (Å²) >= 11 is 0. The highest BCUT2D eigenvalue weighted by Crippen LogP contribution is 2.31.